The fourth-order valence-electron chi connectivity index (χ4n) is 2.59. The van der Waals surface area contributed by atoms with Gasteiger partial charge in [-0.05, 0) is 49.2 Å². The van der Waals surface area contributed by atoms with E-state index in [1.54, 1.807) is 12.1 Å². The molecule has 2 N–H and O–H groups in total. The fraction of sp³-hybridized carbons (Fsp3) is 0.294. The number of hydrogen-bond acceptors (Lipinski definition) is 4. The Balaban J connectivity index is 1.64. The minimum atomic E-state index is -0.445. The predicted octanol–water partition coefficient (Wildman–Crippen LogP) is 2.43. The number of hydrogen-bond donors (Lipinski definition) is 2. The van der Waals surface area contributed by atoms with E-state index in [0.717, 1.165) is 37.8 Å². The van der Waals surface area contributed by atoms with Gasteiger partial charge >= 0.3 is 0 Å². The number of rotatable bonds is 3. The molecule has 0 radical (unpaired) electrons. The van der Waals surface area contributed by atoms with Gasteiger partial charge in [0.2, 0.25) is 0 Å². The standard InChI is InChI=1S/C17H18FN3O2/c18-13-3-6-16(19-11-13)20-17(23)12-1-4-14(5-2-12)21-9-7-15(22)8-10-21/h1-6,11,15,22H,7-10H2,(H,19,20,23). The van der Waals surface area contributed by atoms with Crippen molar-refractivity contribution in [2.75, 3.05) is 23.3 Å². The monoisotopic (exact) mass is 315 g/mol. The number of anilines is 2. The minimum Gasteiger partial charge on any atom is -0.393 e. The molecule has 23 heavy (non-hydrogen) atoms. The first kappa shape index (κ1) is 15.4. The van der Waals surface area contributed by atoms with Crippen molar-refractivity contribution < 1.29 is 14.3 Å². The molecule has 1 aromatic carbocycles. The number of carbonyl (C=O) groups excluding carboxylic acids is 1. The van der Waals surface area contributed by atoms with Crippen LogP contribution in [0.5, 0.6) is 0 Å². The highest BCUT2D eigenvalue weighted by molar-refractivity contribution is 6.03. The van der Waals surface area contributed by atoms with Crippen LogP contribution in [0.2, 0.25) is 0 Å². The van der Waals surface area contributed by atoms with Crippen molar-refractivity contribution in [3.8, 4) is 0 Å². The maximum absolute atomic E-state index is 12.8. The SMILES string of the molecule is O=C(Nc1ccc(F)cn1)c1ccc(N2CCC(O)CC2)cc1. The van der Waals surface area contributed by atoms with Gasteiger partial charge in [0.1, 0.15) is 11.6 Å². The lowest BCUT2D eigenvalue weighted by Crippen LogP contribution is -2.35. The van der Waals surface area contributed by atoms with E-state index in [2.05, 4.69) is 15.2 Å². The molecule has 0 spiro atoms. The largest absolute Gasteiger partial charge is 0.393 e. The second kappa shape index (κ2) is 6.75. The van der Waals surface area contributed by atoms with Gasteiger partial charge in [0.05, 0.1) is 12.3 Å². The van der Waals surface area contributed by atoms with Crippen molar-refractivity contribution in [1.29, 1.82) is 0 Å². The highest BCUT2D eigenvalue weighted by Crippen LogP contribution is 2.20. The molecule has 0 unspecified atom stereocenters. The Morgan fingerprint density at radius 3 is 2.48 bits per heavy atom. The Bertz CT molecular complexity index is 665. The number of carbonyl (C=O) groups is 1. The van der Waals surface area contributed by atoms with Gasteiger partial charge < -0.3 is 15.3 Å². The molecule has 1 aliphatic heterocycles. The van der Waals surface area contributed by atoms with Gasteiger partial charge in [-0.1, -0.05) is 0 Å². The fourth-order valence-corrected chi connectivity index (χ4v) is 2.59. The van der Waals surface area contributed by atoms with Gasteiger partial charge in [0.25, 0.3) is 5.91 Å². The molecule has 0 saturated carbocycles. The van der Waals surface area contributed by atoms with Crippen molar-refractivity contribution in [2.24, 2.45) is 0 Å². The molecule has 2 heterocycles. The average Bonchev–Trinajstić information content (AvgIpc) is 2.58. The quantitative estimate of drug-likeness (QED) is 0.913. The normalized spacial score (nSPS) is 15.5. The Morgan fingerprint density at radius 1 is 1.17 bits per heavy atom. The van der Waals surface area contributed by atoms with Crippen molar-refractivity contribution >= 4 is 17.4 Å². The van der Waals surface area contributed by atoms with Gasteiger partial charge in [0, 0.05) is 24.3 Å². The van der Waals surface area contributed by atoms with Crippen LogP contribution >= 0.6 is 0 Å². The first-order chi connectivity index (χ1) is 11.1. The Kier molecular flexibility index (Phi) is 4.52. The summed E-state index contributed by atoms with van der Waals surface area (Å²) in [6, 6.07) is 9.95. The second-order valence-corrected chi connectivity index (χ2v) is 5.58. The Morgan fingerprint density at radius 2 is 1.87 bits per heavy atom. The number of aliphatic hydroxyl groups excluding tert-OH is 1. The molecule has 1 saturated heterocycles. The summed E-state index contributed by atoms with van der Waals surface area (Å²) in [5, 5.41) is 12.2. The van der Waals surface area contributed by atoms with Crippen molar-refractivity contribution in [1.82, 2.24) is 4.98 Å². The van der Waals surface area contributed by atoms with Crippen LogP contribution in [0.3, 0.4) is 0 Å². The molecule has 1 amide bonds. The Labute approximate surface area is 133 Å². The maximum atomic E-state index is 12.8. The number of nitrogens with one attached hydrogen (secondary N) is 1. The van der Waals surface area contributed by atoms with Crippen LogP contribution in [0.25, 0.3) is 0 Å². The van der Waals surface area contributed by atoms with E-state index in [0.29, 0.717) is 11.4 Å². The third-order valence-electron chi connectivity index (χ3n) is 3.93. The number of aliphatic hydroxyl groups is 1. The highest BCUT2D eigenvalue weighted by atomic mass is 19.1. The molecule has 3 rings (SSSR count). The summed E-state index contributed by atoms with van der Waals surface area (Å²) in [4.78, 5) is 18.1. The molecule has 1 aliphatic rings. The van der Waals surface area contributed by atoms with E-state index >= 15 is 0 Å². The van der Waals surface area contributed by atoms with E-state index in [1.165, 1.54) is 12.1 Å². The molecule has 6 heteroatoms. The zero-order chi connectivity index (χ0) is 16.2. The van der Waals surface area contributed by atoms with Crippen LogP contribution in [0.4, 0.5) is 15.9 Å². The van der Waals surface area contributed by atoms with Crippen LogP contribution in [-0.4, -0.2) is 35.2 Å². The minimum absolute atomic E-state index is 0.209. The zero-order valence-electron chi connectivity index (χ0n) is 12.6. The summed E-state index contributed by atoms with van der Waals surface area (Å²) >= 11 is 0. The molecular weight excluding hydrogens is 297 g/mol. The smallest absolute Gasteiger partial charge is 0.256 e. The Hall–Kier alpha value is -2.47. The summed E-state index contributed by atoms with van der Waals surface area (Å²) < 4.78 is 12.8. The zero-order valence-corrected chi connectivity index (χ0v) is 12.6. The first-order valence-corrected chi connectivity index (χ1v) is 7.58. The summed E-state index contributed by atoms with van der Waals surface area (Å²) in [5.74, 6) is -0.422. The van der Waals surface area contributed by atoms with Gasteiger partial charge in [0.15, 0.2) is 0 Å². The third-order valence-corrected chi connectivity index (χ3v) is 3.93. The topological polar surface area (TPSA) is 65.5 Å². The number of halogens is 1. The molecule has 2 aromatic rings. The molecule has 1 fully saturated rings. The third kappa shape index (κ3) is 3.84. The van der Waals surface area contributed by atoms with Crippen LogP contribution < -0.4 is 10.2 Å². The van der Waals surface area contributed by atoms with Crippen molar-refractivity contribution in [3.05, 3.63) is 54.0 Å². The average molecular weight is 315 g/mol. The lowest BCUT2D eigenvalue weighted by Gasteiger charge is -2.31. The van der Waals surface area contributed by atoms with Gasteiger partial charge in [-0.15, -0.1) is 0 Å². The van der Waals surface area contributed by atoms with Crippen molar-refractivity contribution in [3.63, 3.8) is 0 Å². The lowest BCUT2D eigenvalue weighted by atomic mass is 10.1. The summed E-state index contributed by atoms with van der Waals surface area (Å²) in [7, 11) is 0. The van der Waals surface area contributed by atoms with Gasteiger partial charge in [-0.25, -0.2) is 9.37 Å². The number of nitrogens with zero attached hydrogens (tertiary/aromatic N) is 2. The van der Waals surface area contributed by atoms with E-state index < -0.39 is 5.82 Å². The highest BCUT2D eigenvalue weighted by Gasteiger charge is 2.17. The molecule has 0 bridgehead atoms. The van der Waals surface area contributed by atoms with Crippen LogP contribution in [0, 0.1) is 5.82 Å². The molecule has 120 valence electrons. The van der Waals surface area contributed by atoms with E-state index in [-0.39, 0.29) is 12.0 Å². The van der Waals surface area contributed by atoms with Gasteiger partial charge in [-0.3, -0.25) is 4.79 Å². The number of aromatic nitrogens is 1. The number of piperidine rings is 1. The summed E-state index contributed by atoms with van der Waals surface area (Å²) in [6.45, 7) is 1.62. The van der Waals surface area contributed by atoms with Crippen molar-refractivity contribution in [2.45, 2.75) is 18.9 Å². The lowest BCUT2D eigenvalue weighted by molar-refractivity contribution is 0.102. The maximum Gasteiger partial charge on any atom is 0.256 e. The number of benzene rings is 1. The van der Waals surface area contributed by atoms with Crippen LogP contribution in [-0.2, 0) is 0 Å². The molecular formula is C17H18FN3O2. The summed E-state index contributed by atoms with van der Waals surface area (Å²) in [5.41, 5.74) is 1.55. The molecule has 0 atom stereocenters. The second-order valence-electron chi connectivity index (χ2n) is 5.58. The molecule has 1 aromatic heterocycles. The molecule has 0 aliphatic carbocycles. The summed E-state index contributed by atoms with van der Waals surface area (Å²) in [6.07, 6.45) is 2.37. The number of amides is 1. The first-order valence-electron chi connectivity index (χ1n) is 7.58. The number of pyridine rings is 1. The van der Waals surface area contributed by atoms with E-state index in [9.17, 15) is 14.3 Å². The van der Waals surface area contributed by atoms with Gasteiger partial charge in [-0.2, -0.15) is 0 Å². The van der Waals surface area contributed by atoms with E-state index in [4.69, 9.17) is 0 Å². The molecule has 5 nitrogen and oxygen atoms in total. The van der Waals surface area contributed by atoms with Crippen LogP contribution in [0.15, 0.2) is 42.6 Å². The predicted molar refractivity (Wildman–Crippen MR) is 86.0 cm³/mol. The van der Waals surface area contributed by atoms with Crippen LogP contribution in [0.1, 0.15) is 23.2 Å². The van der Waals surface area contributed by atoms with E-state index in [1.807, 2.05) is 12.1 Å².